The number of methoxy groups -OCH3 is 2. The molecule has 5 heteroatoms. The normalized spacial score (nSPS) is 12.9. The summed E-state index contributed by atoms with van der Waals surface area (Å²) in [7, 11) is 3.18. The second kappa shape index (κ2) is 5.52. The first-order valence-electron chi connectivity index (χ1n) is 6.75. The zero-order chi connectivity index (χ0) is 15.7. The second-order valence-electron chi connectivity index (χ2n) is 4.96. The third-order valence-corrected chi connectivity index (χ3v) is 3.62. The SMILES string of the molecule is COc1ccc(C2=COc3cc(O)c(O)cc3C2)cc1OC. The first kappa shape index (κ1) is 14.1. The lowest BCUT2D eigenvalue weighted by atomic mass is 9.96. The first-order valence-corrected chi connectivity index (χ1v) is 6.75. The maximum Gasteiger partial charge on any atom is 0.161 e. The van der Waals surface area contributed by atoms with Gasteiger partial charge in [0.05, 0.1) is 20.5 Å². The summed E-state index contributed by atoms with van der Waals surface area (Å²) in [6, 6.07) is 8.55. The molecule has 0 aromatic heterocycles. The van der Waals surface area contributed by atoms with Crippen molar-refractivity contribution in [1.29, 1.82) is 0 Å². The summed E-state index contributed by atoms with van der Waals surface area (Å²) >= 11 is 0. The van der Waals surface area contributed by atoms with E-state index in [0.717, 1.165) is 16.7 Å². The van der Waals surface area contributed by atoms with E-state index in [4.69, 9.17) is 14.2 Å². The topological polar surface area (TPSA) is 68.2 Å². The fourth-order valence-corrected chi connectivity index (χ4v) is 2.44. The molecule has 1 heterocycles. The molecule has 1 aliphatic heterocycles. The van der Waals surface area contributed by atoms with Crippen molar-refractivity contribution in [3.8, 4) is 28.7 Å². The lowest BCUT2D eigenvalue weighted by Gasteiger charge is -2.19. The molecule has 114 valence electrons. The Balaban J connectivity index is 1.94. The number of ether oxygens (including phenoxy) is 3. The molecule has 0 aliphatic carbocycles. The molecule has 0 fully saturated rings. The molecule has 0 atom stereocenters. The molecule has 2 aromatic rings. The van der Waals surface area contributed by atoms with Gasteiger partial charge in [0, 0.05) is 18.1 Å². The van der Waals surface area contributed by atoms with Crippen LogP contribution in [0, 0.1) is 0 Å². The Labute approximate surface area is 128 Å². The van der Waals surface area contributed by atoms with Gasteiger partial charge in [-0.3, -0.25) is 0 Å². The fourth-order valence-electron chi connectivity index (χ4n) is 2.44. The van der Waals surface area contributed by atoms with Crippen molar-refractivity contribution in [2.24, 2.45) is 0 Å². The smallest absolute Gasteiger partial charge is 0.161 e. The van der Waals surface area contributed by atoms with Crippen LogP contribution in [0.3, 0.4) is 0 Å². The molecule has 22 heavy (non-hydrogen) atoms. The third kappa shape index (κ3) is 2.41. The van der Waals surface area contributed by atoms with Crippen LogP contribution in [0.1, 0.15) is 11.1 Å². The number of rotatable bonds is 3. The van der Waals surface area contributed by atoms with Crippen molar-refractivity contribution >= 4 is 5.57 Å². The van der Waals surface area contributed by atoms with Crippen LogP contribution in [0.5, 0.6) is 28.7 Å². The Bertz CT molecular complexity index is 749. The Morgan fingerprint density at radius 1 is 0.955 bits per heavy atom. The molecular weight excluding hydrogens is 284 g/mol. The van der Waals surface area contributed by atoms with E-state index in [-0.39, 0.29) is 11.5 Å². The zero-order valence-electron chi connectivity index (χ0n) is 12.3. The molecule has 0 spiro atoms. The number of hydrogen-bond donors (Lipinski definition) is 2. The Hall–Kier alpha value is -2.82. The molecule has 0 unspecified atom stereocenters. The molecule has 5 nitrogen and oxygen atoms in total. The summed E-state index contributed by atoms with van der Waals surface area (Å²) in [5, 5.41) is 19.1. The van der Waals surface area contributed by atoms with Crippen LogP contribution in [0.2, 0.25) is 0 Å². The van der Waals surface area contributed by atoms with Crippen LogP contribution >= 0.6 is 0 Å². The summed E-state index contributed by atoms with van der Waals surface area (Å²) in [5.74, 6) is 1.49. The van der Waals surface area contributed by atoms with Crippen LogP contribution in [-0.4, -0.2) is 24.4 Å². The molecule has 0 amide bonds. The minimum Gasteiger partial charge on any atom is -0.504 e. The van der Waals surface area contributed by atoms with Crippen LogP contribution in [0.15, 0.2) is 36.6 Å². The Morgan fingerprint density at radius 2 is 1.68 bits per heavy atom. The molecule has 0 radical (unpaired) electrons. The van der Waals surface area contributed by atoms with Crippen LogP contribution in [-0.2, 0) is 6.42 Å². The summed E-state index contributed by atoms with van der Waals surface area (Å²) in [5.41, 5.74) is 2.69. The van der Waals surface area contributed by atoms with Gasteiger partial charge in [-0.1, -0.05) is 6.07 Å². The van der Waals surface area contributed by atoms with E-state index >= 15 is 0 Å². The van der Waals surface area contributed by atoms with Crippen molar-refractivity contribution in [3.05, 3.63) is 47.7 Å². The van der Waals surface area contributed by atoms with Gasteiger partial charge in [0.15, 0.2) is 23.0 Å². The van der Waals surface area contributed by atoms with Gasteiger partial charge in [-0.15, -0.1) is 0 Å². The Kier molecular flexibility index (Phi) is 3.55. The number of fused-ring (bicyclic) bond motifs is 1. The molecule has 2 N–H and O–H groups in total. The van der Waals surface area contributed by atoms with Crippen molar-refractivity contribution in [2.75, 3.05) is 14.2 Å². The van der Waals surface area contributed by atoms with E-state index in [2.05, 4.69) is 0 Å². The van der Waals surface area contributed by atoms with E-state index in [0.29, 0.717) is 23.7 Å². The Morgan fingerprint density at radius 3 is 2.41 bits per heavy atom. The van der Waals surface area contributed by atoms with Crippen molar-refractivity contribution < 1.29 is 24.4 Å². The van der Waals surface area contributed by atoms with Gasteiger partial charge in [-0.2, -0.15) is 0 Å². The van der Waals surface area contributed by atoms with Crippen molar-refractivity contribution in [3.63, 3.8) is 0 Å². The molecule has 0 saturated carbocycles. The molecular formula is C17H16O5. The van der Waals surface area contributed by atoms with Gasteiger partial charge in [0.2, 0.25) is 0 Å². The summed E-state index contributed by atoms with van der Waals surface area (Å²) in [6.45, 7) is 0. The lowest BCUT2D eigenvalue weighted by Crippen LogP contribution is -2.03. The van der Waals surface area contributed by atoms with Crippen LogP contribution in [0.25, 0.3) is 5.57 Å². The van der Waals surface area contributed by atoms with Crippen LogP contribution < -0.4 is 14.2 Å². The van der Waals surface area contributed by atoms with Crippen molar-refractivity contribution in [1.82, 2.24) is 0 Å². The van der Waals surface area contributed by atoms with Gasteiger partial charge < -0.3 is 24.4 Å². The van der Waals surface area contributed by atoms with Gasteiger partial charge in [0.25, 0.3) is 0 Å². The second-order valence-corrected chi connectivity index (χ2v) is 4.96. The molecule has 0 saturated heterocycles. The molecule has 0 bridgehead atoms. The minimum absolute atomic E-state index is 0.157. The average Bonchev–Trinajstić information content (AvgIpc) is 2.55. The van der Waals surface area contributed by atoms with E-state index in [1.165, 1.54) is 12.1 Å². The van der Waals surface area contributed by atoms with E-state index in [1.54, 1.807) is 20.5 Å². The predicted molar refractivity (Wildman–Crippen MR) is 81.6 cm³/mol. The van der Waals surface area contributed by atoms with Crippen LogP contribution in [0.4, 0.5) is 0 Å². The first-order chi connectivity index (χ1) is 10.6. The molecule has 3 rings (SSSR count). The lowest BCUT2D eigenvalue weighted by molar-refractivity contribution is 0.355. The number of phenolic OH excluding ortho intramolecular Hbond substituents is 2. The summed E-state index contributed by atoms with van der Waals surface area (Å²) in [4.78, 5) is 0. The number of phenols is 2. The minimum atomic E-state index is -0.193. The number of aromatic hydroxyl groups is 2. The number of hydrogen-bond acceptors (Lipinski definition) is 5. The fraction of sp³-hybridized carbons (Fsp3) is 0.176. The third-order valence-electron chi connectivity index (χ3n) is 3.62. The molecule has 2 aromatic carbocycles. The monoisotopic (exact) mass is 300 g/mol. The van der Waals surface area contributed by atoms with Gasteiger partial charge >= 0.3 is 0 Å². The maximum atomic E-state index is 9.62. The van der Waals surface area contributed by atoms with Gasteiger partial charge in [-0.05, 0) is 29.3 Å². The predicted octanol–water partition coefficient (Wildman–Crippen LogP) is 3.09. The highest BCUT2D eigenvalue weighted by Crippen LogP contribution is 2.39. The van der Waals surface area contributed by atoms with Gasteiger partial charge in [-0.25, -0.2) is 0 Å². The highest BCUT2D eigenvalue weighted by molar-refractivity contribution is 5.72. The standard InChI is InChI=1S/C17H16O5/c1-20-15-4-3-10(7-17(15)21-2)12-5-11-6-13(18)14(19)8-16(11)22-9-12/h3-4,6-9,18-19H,5H2,1-2H3. The number of allylic oxidation sites excluding steroid dienone is 1. The average molecular weight is 300 g/mol. The van der Waals surface area contributed by atoms with Crippen molar-refractivity contribution in [2.45, 2.75) is 6.42 Å². The van der Waals surface area contributed by atoms with E-state index in [9.17, 15) is 10.2 Å². The van der Waals surface area contributed by atoms with Gasteiger partial charge in [0.1, 0.15) is 5.75 Å². The largest absolute Gasteiger partial charge is 0.504 e. The molecule has 1 aliphatic rings. The quantitative estimate of drug-likeness (QED) is 0.853. The van der Waals surface area contributed by atoms with E-state index < -0.39 is 0 Å². The summed E-state index contributed by atoms with van der Waals surface area (Å²) in [6.07, 6.45) is 2.22. The summed E-state index contributed by atoms with van der Waals surface area (Å²) < 4.78 is 16.1. The zero-order valence-corrected chi connectivity index (χ0v) is 12.3. The highest BCUT2D eigenvalue weighted by atomic mass is 16.5. The highest BCUT2D eigenvalue weighted by Gasteiger charge is 2.18. The maximum absolute atomic E-state index is 9.62. The number of benzene rings is 2. The van der Waals surface area contributed by atoms with E-state index in [1.807, 2.05) is 18.2 Å².